The second-order valence-corrected chi connectivity index (χ2v) is 4.17. The van der Waals surface area contributed by atoms with Gasteiger partial charge in [0.1, 0.15) is 0 Å². The number of Topliss-reactive ketones (excluding diaryl/α,β-unsaturated/α-hetero) is 1. The van der Waals surface area contributed by atoms with E-state index in [1.165, 1.54) is 0 Å². The molecule has 0 radical (unpaired) electrons. The lowest BCUT2D eigenvalue weighted by atomic mass is 10.0. The molecule has 0 spiro atoms. The fourth-order valence-electron chi connectivity index (χ4n) is 1.79. The van der Waals surface area contributed by atoms with Crippen LogP contribution in [0.2, 0.25) is 0 Å². The number of carbonyl (C=O) groups is 1. The van der Waals surface area contributed by atoms with E-state index < -0.39 is 0 Å². The summed E-state index contributed by atoms with van der Waals surface area (Å²) in [6, 6.07) is 8.76. The van der Waals surface area contributed by atoms with E-state index in [9.17, 15) is 4.79 Å². The van der Waals surface area contributed by atoms with Crippen LogP contribution < -0.4 is 11.5 Å². The third-order valence-corrected chi connectivity index (χ3v) is 2.66. The van der Waals surface area contributed by atoms with Gasteiger partial charge in [0, 0.05) is 35.8 Å². The lowest BCUT2D eigenvalue weighted by molar-refractivity contribution is 0.0983. The van der Waals surface area contributed by atoms with Crippen LogP contribution in [0.1, 0.15) is 22.3 Å². The monoisotopic (exact) mass is 241 g/mol. The Kier molecular flexibility index (Phi) is 3.57. The van der Waals surface area contributed by atoms with E-state index in [4.69, 9.17) is 11.5 Å². The van der Waals surface area contributed by atoms with Crippen LogP contribution in [0.25, 0.3) is 0 Å². The number of hydrogen-bond donors (Lipinski definition) is 2. The number of carbonyl (C=O) groups excluding carboxylic acids is 1. The van der Waals surface area contributed by atoms with Crippen molar-refractivity contribution in [3.63, 3.8) is 0 Å². The molecule has 92 valence electrons. The molecule has 18 heavy (non-hydrogen) atoms. The summed E-state index contributed by atoms with van der Waals surface area (Å²) < 4.78 is 0. The summed E-state index contributed by atoms with van der Waals surface area (Å²) in [4.78, 5) is 16.0. The van der Waals surface area contributed by atoms with Gasteiger partial charge in [-0.05, 0) is 36.2 Å². The minimum Gasteiger partial charge on any atom is -0.399 e. The van der Waals surface area contributed by atoms with E-state index >= 15 is 0 Å². The summed E-state index contributed by atoms with van der Waals surface area (Å²) >= 11 is 0. The average molecular weight is 241 g/mol. The van der Waals surface area contributed by atoms with Crippen LogP contribution in [0.3, 0.4) is 0 Å². The molecule has 0 amide bonds. The zero-order valence-electron chi connectivity index (χ0n) is 9.97. The molecule has 0 bridgehead atoms. The maximum atomic E-state index is 12.0. The number of hydrogen-bond acceptors (Lipinski definition) is 4. The van der Waals surface area contributed by atoms with Gasteiger partial charge in [0.2, 0.25) is 0 Å². The molecule has 0 atom stereocenters. The molecule has 0 aliphatic carbocycles. The van der Waals surface area contributed by atoms with Gasteiger partial charge in [0.25, 0.3) is 0 Å². The fourth-order valence-corrected chi connectivity index (χ4v) is 1.79. The second kappa shape index (κ2) is 5.31. The fraction of sp³-hybridized carbons (Fsp3) is 0.143. The smallest absolute Gasteiger partial charge is 0.163 e. The molecule has 1 heterocycles. The second-order valence-electron chi connectivity index (χ2n) is 4.17. The number of aromatic nitrogens is 1. The predicted molar refractivity (Wildman–Crippen MR) is 72.2 cm³/mol. The van der Waals surface area contributed by atoms with Crippen LogP contribution in [-0.2, 0) is 6.42 Å². The summed E-state index contributed by atoms with van der Waals surface area (Å²) in [6.45, 7) is 0. The zero-order chi connectivity index (χ0) is 13.0. The van der Waals surface area contributed by atoms with Gasteiger partial charge >= 0.3 is 0 Å². The van der Waals surface area contributed by atoms with Gasteiger partial charge in [0.15, 0.2) is 5.78 Å². The third kappa shape index (κ3) is 3.07. The van der Waals surface area contributed by atoms with Crippen molar-refractivity contribution in [1.29, 1.82) is 0 Å². The van der Waals surface area contributed by atoms with Gasteiger partial charge in [-0.3, -0.25) is 9.78 Å². The Morgan fingerprint density at radius 2 is 1.89 bits per heavy atom. The van der Waals surface area contributed by atoms with Crippen LogP contribution >= 0.6 is 0 Å². The van der Waals surface area contributed by atoms with Crippen molar-refractivity contribution in [3.05, 3.63) is 53.9 Å². The highest BCUT2D eigenvalue weighted by Gasteiger charge is 2.07. The number of nitrogens with two attached hydrogens (primary N) is 2. The van der Waals surface area contributed by atoms with Crippen molar-refractivity contribution < 1.29 is 4.79 Å². The quantitative estimate of drug-likeness (QED) is 0.634. The van der Waals surface area contributed by atoms with Gasteiger partial charge in [-0.2, -0.15) is 0 Å². The Hall–Kier alpha value is -2.36. The van der Waals surface area contributed by atoms with Crippen LogP contribution in [0.15, 0.2) is 42.7 Å². The van der Waals surface area contributed by atoms with Crippen molar-refractivity contribution >= 4 is 17.2 Å². The Morgan fingerprint density at radius 1 is 1.17 bits per heavy atom. The minimum absolute atomic E-state index is 0.0397. The van der Waals surface area contributed by atoms with Crippen LogP contribution in [0, 0.1) is 0 Å². The normalized spacial score (nSPS) is 10.2. The number of rotatable bonds is 4. The number of benzene rings is 1. The molecule has 0 fully saturated rings. The predicted octanol–water partition coefficient (Wildman–Crippen LogP) is 2.06. The standard InChI is InChI=1S/C14H15N3O/c15-12-6-11(7-13(16)8-12)14(18)4-3-10-2-1-5-17-9-10/h1-2,5-9H,3-4,15-16H2. The molecule has 4 nitrogen and oxygen atoms in total. The molecule has 4 heteroatoms. The zero-order valence-corrected chi connectivity index (χ0v) is 9.97. The van der Waals surface area contributed by atoms with E-state index in [2.05, 4.69) is 4.98 Å². The first-order valence-corrected chi connectivity index (χ1v) is 5.73. The van der Waals surface area contributed by atoms with Gasteiger partial charge in [0.05, 0.1) is 0 Å². The molecule has 2 aromatic rings. The first-order chi connectivity index (χ1) is 8.65. The van der Waals surface area contributed by atoms with Crippen LogP contribution in [0.5, 0.6) is 0 Å². The molecule has 0 saturated heterocycles. The topological polar surface area (TPSA) is 82.0 Å². The first-order valence-electron chi connectivity index (χ1n) is 5.73. The number of nitrogens with zero attached hydrogens (tertiary/aromatic N) is 1. The summed E-state index contributed by atoms with van der Waals surface area (Å²) in [6.07, 6.45) is 4.57. The Morgan fingerprint density at radius 3 is 2.50 bits per heavy atom. The number of pyridine rings is 1. The van der Waals surface area contributed by atoms with Crippen molar-refractivity contribution in [2.24, 2.45) is 0 Å². The van der Waals surface area contributed by atoms with Gasteiger partial charge < -0.3 is 11.5 Å². The molecule has 0 aliphatic heterocycles. The number of ketones is 1. The Labute approximate surface area is 106 Å². The van der Waals surface area contributed by atoms with E-state index in [0.29, 0.717) is 29.8 Å². The van der Waals surface area contributed by atoms with Crippen molar-refractivity contribution in [2.75, 3.05) is 11.5 Å². The lowest BCUT2D eigenvalue weighted by Crippen LogP contribution is -2.03. The molecule has 2 rings (SSSR count). The molecule has 0 aliphatic rings. The number of anilines is 2. The SMILES string of the molecule is Nc1cc(N)cc(C(=O)CCc2cccnc2)c1. The minimum atomic E-state index is 0.0397. The number of aryl methyl sites for hydroxylation is 1. The molecule has 0 saturated carbocycles. The highest BCUT2D eigenvalue weighted by atomic mass is 16.1. The van der Waals surface area contributed by atoms with Crippen LogP contribution in [0.4, 0.5) is 11.4 Å². The summed E-state index contributed by atoms with van der Waals surface area (Å²) in [5.41, 5.74) is 14.0. The van der Waals surface area contributed by atoms with Crippen molar-refractivity contribution in [3.8, 4) is 0 Å². The summed E-state index contributed by atoms with van der Waals surface area (Å²) in [5, 5.41) is 0. The highest BCUT2D eigenvalue weighted by Crippen LogP contribution is 2.16. The van der Waals surface area contributed by atoms with Gasteiger partial charge in [-0.15, -0.1) is 0 Å². The largest absolute Gasteiger partial charge is 0.399 e. The molecule has 0 unspecified atom stereocenters. The molecular weight excluding hydrogens is 226 g/mol. The first kappa shape index (κ1) is 12.1. The van der Waals surface area contributed by atoms with E-state index in [1.54, 1.807) is 30.6 Å². The third-order valence-electron chi connectivity index (χ3n) is 2.66. The van der Waals surface area contributed by atoms with E-state index in [-0.39, 0.29) is 5.78 Å². The Balaban J connectivity index is 2.04. The lowest BCUT2D eigenvalue weighted by Gasteiger charge is -2.04. The van der Waals surface area contributed by atoms with Gasteiger partial charge in [-0.25, -0.2) is 0 Å². The van der Waals surface area contributed by atoms with Crippen molar-refractivity contribution in [1.82, 2.24) is 4.98 Å². The maximum Gasteiger partial charge on any atom is 0.163 e. The van der Waals surface area contributed by atoms with Crippen molar-refractivity contribution in [2.45, 2.75) is 12.8 Å². The Bertz CT molecular complexity index is 532. The summed E-state index contributed by atoms with van der Waals surface area (Å²) in [5.74, 6) is 0.0397. The highest BCUT2D eigenvalue weighted by molar-refractivity contribution is 5.97. The number of nitrogen functional groups attached to an aromatic ring is 2. The van der Waals surface area contributed by atoms with Crippen LogP contribution in [-0.4, -0.2) is 10.8 Å². The average Bonchev–Trinajstić information content (AvgIpc) is 2.36. The van der Waals surface area contributed by atoms with Gasteiger partial charge in [-0.1, -0.05) is 6.07 Å². The molecular formula is C14H15N3O. The molecule has 4 N–H and O–H groups in total. The van der Waals surface area contributed by atoms with E-state index in [0.717, 1.165) is 5.56 Å². The van der Waals surface area contributed by atoms with E-state index in [1.807, 2.05) is 12.1 Å². The molecule has 1 aromatic carbocycles. The maximum absolute atomic E-state index is 12.0. The molecule has 1 aromatic heterocycles. The summed E-state index contributed by atoms with van der Waals surface area (Å²) in [7, 11) is 0.